The molecule has 0 aliphatic heterocycles. The Hall–Kier alpha value is -0.0400. The lowest BCUT2D eigenvalue weighted by atomic mass is 9.44. The second-order valence-corrected chi connectivity index (χ2v) is 9.67. The zero-order valence-electron chi connectivity index (χ0n) is 14.3. The van der Waals surface area contributed by atoms with Crippen LogP contribution in [0.4, 0.5) is 0 Å². The van der Waals surface area contributed by atoms with Crippen molar-refractivity contribution in [1.82, 2.24) is 0 Å². The Morgan fingerprint density at radius 2 is 1.52 bits per heavy atom. The fourth-order valence-electron chi connectivity index (χ4n) is 7.54. The maximum absolute atomic E-state index is 10.9. The van der Waals surface area contributed by atoms with Crippen LogP contribution in [0.2, 0.25) is 0 Å². The normalized spacial score (nSPS) is 60.0. The van der Waals surface area contributed by atoms with Crippen LogP contribution in [0.1, 0.15) is 85.0 Å². The molecule has 0 aromatic carbocycles. The summed E-state index contributed by atoms with van der Waals surface area (Å²) in [5.41, 5.74) is 0.427. The fraction of sp³-hybridized carbons (Fsp3) is 1.00. The molecule has 0 aromatic heterocycles. The molecule has 4 aliphatic rings. The molecule has 1 heteroatoms. The third-order valence-corrected chi connectivity index (χ3v) is 9.15. The number of rotatable bonds is 0. The molecular weight excluding hydrogens is 256 g/mol. The maximum Gasteiger partial charge on any atom is 0.0675 e. The summed E-state index contributed by atoms with van der Waals surface area (Å²) >= 11 is 0. The van der Waals surface area contributed by atoms with E-state index >= 15 is 0 Å². The molecule has 1 N–H and O–H groups in total. The third kappa shape index (κ3) is 1.79. The van der Waals surface area contributed by atoms with Gasteiger partial charge in [-0.25, -0.2) is 0 Å². The summed E-state index contributed by atoms with van der Waals surface area (Å²) in [4.78, 5) is 0. The molecule has 0 heterocycles. The molecule has 120 valence electrons. The number of hydrogen-bond donors (Lipinski definition) is 1. The van der Waals surface area contributed by atoms with E-state index in [9.17, 15) is 5.11 Å². The summed E-state index contributed by atoms with van der Waals surface area (Å²) in [5, 5.41) is 10.9. The van der Waals surface area contributed by atoms with E-state index in [0.717, 1.165) is 30.1 Å². The molecule has 0 radical (unpaired) electrons. The van der Waals surface area contributed by atoms with Gasteiger partial charge >= 0.3 is 0 Å². The van der Waals surface area contributed by atoms with Crippen LogP contribution in [-0.4, -0.2) is 10.7 Å². The van der Waals surface area contributed by atoms with Crippen molar-refractivity contribution in [2.24, 2.45) is 34.5 Å². The number of hydrogen-bond acceptors (Lipinski definition) is 1. The third-order valence-electron chi connectivity index (χ3n) is 9.15. The average molecular weight is 290 g/mol. The highest BCUT2D eigenvalue weighted by Crippen LogP contribution is 2.68. The zero-order chi connectivity index (χ0) is 14.9. The van der Waals surface area contributed by atoms with E-state index in [4.69, 9.17) is 0 Å². The fourth-order valence-corrected chi connectivity index (χ4v) is 7.54. The first-order chi connectivity index (χ1) is 9.88. The molecule has 4 fully saturated rings. The summed E-state index contributed by atoms with van der Waals surface area (Å²) in [6.07, 6.45) is 13.9. The first-order valence-electron chi connectivity index (χ1n) is 9.61. The summed E-state index contributed by atoms with van der Waals surface area (Å²) in [6.45, 7) is 7.18. The smallest absolute Gasteiger partial charge is 0.0675 e. The van der Waals surface area contributed by atoms with Crippen molar-refractivity contribution < 1.29 is 5.11 Å². The maximum atomic E-state index is 10.9. The lowest BCUT2D eigenvalue weighted by molar-refractivity contribution is -0.145. The van der Waals surface area contributed by atoms with Gasteiger partial charge in [0.05, 0.1) is 5.60 Å². The molecule has 0 unspecified atom stereocenters. The molecule has 0 amide bonds. The second kappa shape index (κ2) is 4.49. The summed E-state index contributed by atoms with van der Waals surface area (Å²) in [7, 11) is 0. The predicted octanol–water partition coefficient (Wildman–Crippen LogP) is 5.17. The Morgan fingerprint density at radius 3 is 2.33 bits per heavy atom. The average Bonchev–Trinajstić information content (AvgIpc) is 2.69. The van der Waals surface area contributed by atoms with E-state index in [0.29, 0.717) is 5.41 Å². The van der Waals surface area contributed by atoms with Gasteiger partial charge in [-0.05, 0) is 92.8 Å². The highest BCUT2D eigenvalue weighted by Gasteiger charge is 2.62. The molecule has 21 heavy (non-hydrogen) atoms. The molecule has 7 atom stereocenters. The highest BCUT2D eigenvalue weighted by atomic mass is 16.3. The van der Waals surface area contributed by atoms with Crippen LogP contribution in [0.5, 0.6) is 0 Å². The number of aliphatic hydroxyl groups is 1. The lowest BCUT2D eigenvalue weighted by Crippen LogP contribution is -2.55. The van der Waals surface area contributed by atoms with Gasteiger partial charge in [-0.15, -0.1) is 0 Å². The molecule has 0 aromatic rings. The van der Waals surface area contributed by atoms with Crippen molar-refractivity contribution in [3.63, 3.8) is 0 Å². The minimum atomic E-state index is -0.410. The van der Waals surface area contributed by atoms with E-state index < -0.39 is 5.60 Å². The molecule has 0 bridgehead atoms. The van der Waals surface area contributed by atoms with Crippen LogP contribution in [0.25, 0.3) is 0 Å². The Bertz CT molecular complexity index is 428. The predicted molar refractivity (Wildman–Crippen MR) is 87.0 cm³/mol. The van der Waals surface area contributed by atoms with Gasteiger partial charge < -0.3 is 5.11 Å². The molecule has 4 aliphatic carbocycles. The quantitative estimate of drug-likeness (QED) is 0.652. The van der Waals surface area contributed by atoms with Crippen LogP contribution in [0.15, 0.2) is 0 Å². The van der Waals surface area contributed by atoms with E-state index in [2.05, 4.69) is 20.8 Å². The topological polar surface area (TPSA) is 20.2 Å². The summed E-state index contributed by atoms with van der Waals surface area (Å²) < 4.78 is 0. The molecular formula is C20H34O. The first-order valence-corrected chi connectivity index (χ1v) is 9.61. The molecule has 1 nitrogen and oxygen atoms in total. The SMILES string of the molecule is C[C@]12CCCC[C@H]1CC[C@H]1[C@H]3CC[C@](C)(O)[C@@]3(C)CC[C@@H]12. The Morgan fingerprint density at radius 1 is 0.762 bits per heavy atom. The van der Waals surface area contributed by atoms with Gasteiger partial charge in [0, 0.05) is 0 Å². The van der Waals surface area contributed by atoms with Crippen molar-refractivity contribution in [2.75, 3.05) is 0 Å². The van der Waals surface area contributed by atoms with Crippen LogP contribution in [0.3, 0.4) is 0 Å². The monoisotopic (exact) mass is 290 g/mol. The van der Waals surface area contributed by atoms with Crippen molar-refractivity contribution >= 4 is 0 Å². The van der Waals surface area contributed by atoms with Gasteiger partial charge in [0.15, 0.2) is 0 Å². The minimum Gasteiger partial charge on any atom is -0.390 e. The Labute approximate surface area is 130 Å². The van der Waals surface area contributed by atoms with Gasteiger partial charge in [-0.1, -0.05) is 26.7 Å². The van der Waals surface area contributed by atoms with Gasteiger partial charge in [-0.2, -0.15) is 0 Å². The molecule has 0 saturated heterocycles. The van der Waals surface area contributed by atoms with Gasteiger partial charge in [0.1, 0.15) is 0 Å². The van der Waals surface area contributed by atoms with Crippen molar-refractivity contribution in [3.05, 3.63) is 0 Å². The standard InChI is InChI=1S/C20H34O/c1-18-11-5-4-6-14(18)7-8-15-16(18)9-12-19(2)17(15)10-13-20(19,3)21/h14-17,21H,4-13H2,1-3H3/t14-,15+,16-,17+,18-,19-,20-/m0/s1. The van der Waals surface area contributed by atoms with Crippen molar-refractivity contribution in [3.8, 4) is 0 Å². The van der Waals surface area contributed by atoms with Crippen LogP contribution in [0, 0.1) is 34.5 Å². The zero-order valence-corrected chi connectivity index (χ0v) is 14.3. The number of fused-ring (bicyclic) bond motifs is 5. The van der Waals surface area contributed by atoms with Crippen LogP contribution < -0.4 is 0 Å². The van der Waals surface area contributed by atoms with E-state index in [-0.39, 0.29) is 5.41 Å². The Kier molecular flexibility index (Phi) is 3.11. The summed E-state index contributed by atoms with van der Waals surface area (Å²) in [5.74, 6) is 3.69. The highest BCUT2D eigenvalue weighted by molar-refractivity contribution is 5.12. The molecule has 4 saturated carbocycles. The van der Waals surface area contributed by atoms with E-state index in [1.807, 2.05) is 0 Å². The van der Waals surface area contributed by atoms with Crippen LogP contribution in [-0.2, 0) is 0 Å². The van der Waals surface area contributed by atoms with Gasteiger partial charge in [-0.3, -0.25) is 0 Å². The minimum absolute atomic E-state index is 0.200. The lowest BCUT2D eigenvalue weighted by Gasteiger charge is -2.61. The summed E-state index contributed by atoms with van der Waals surface area (Å²) in [6, 6.07) is 0. The Balaban J connectivity index is 1.66. The van der Waals surface area contributed by atoms with Crippen molar-refractivity contribution in [1.29, 1.82) is 0 Å². The molecule has 0 spiro atoms. The van der Waals surface area contributed by atoms with E-state index in [1.54, 1.807) is 0 Å². The van der Waals surface area contributed by atoms with Gasteiger partial charge in [0.25, 0.3) is 0 Å². The molecule has 4 rings (SSSR count). The second-order valence-electron chi connectivity index (χ2n) is 9.67. The van der Waals surface area contributed by atoms with E-state index in [1.165, 1.54) is 57.8 Å². The largest absolute Gasteiger partial charge is 0.390 e. The van der Waals surface area contributed by atoms with Crippen molar-refractivity contribution in [2.45, 2.75) is 90.6 Å². The first kappa shape index (κ1) is 14.5. The van der Waals surface area contributed by atoms with Gasteiger partial charge in [0.2, 0.25) is 0 Å². The van der Waals surface area contributed by atoms with Crippen LogP contribution >= 0.6 is 0 Å².